The van der Waals surface area contributed by atoms with Crippen LogP contribution in [0, 0.1) is 10.1 Å². The highest BCUT2D eigenvalue weighted by molar-refractivity contribution is 7.53. The average molecular weight is 468 g/mol. The molecular formula is C18H18ClF3NO6P. The van der Waals surface area contributed by atoms with E-state index in [0.717, 1.165) is 18.2 Å². The van der Waals surface area contributed by atoms with Crippen molar-refractivity contribution < 1.29 is 36.4 Å². The number of halogens is 4. The van der Waals surface area contributed by atoms with Crippen LogP contribution >= 0.6 is 19.2 Å². The topological polar surface area (TPSA) is 87.9 Å². The van der Waals surface area contributed by atoms with Gasteiger partial charge in [-0.15, -0.1) is 0 Å². The Hall–Kier alpha value is -2.13. The van der Waals surface area contributed by atoms with E-state index < -0.39 is 24.3 Å². The highest BCUT2D eigenvalue weighted by atomic mass is 35.5. The summed E-state index contributed by atoms with van der Waals surface area (Å²) in [5, 5.41) is 11.1. The summed E-state index contributed by atoms with van der Waals surface area (Å²) in [7, 11) is -3.66. The molecule has 0 aliphatic heterocycles. The third-order valence-corrected chi connectivity index (χ3v) is 6.08. The lowest BCUT2D eigenvalue weighted by atomic mass is 10.2. The Labute approximate surface area is 175 Å². The van der Waals surface area contributed by atoms with Crippen molar-refractivity contribution in [2.24, 2.45) is 0 Å². The molecule has 0 saturated carbocycles. The van der Waals surface area contributed by atoms with E-state index in [1.165, 1.54) is 12.1 Å². The van der Waals surface area contributed by atoms with Crippen LogP contribution < -0.4 is 4.74 Å². The lowest BCUT2D eigenvalue weighted by Crippen LogP contribution is -2.04. The molecule has 0 bridgehead atoms. The van der Waals surface area contributed by atoms with Crippen molar-refractivity contribution in [2.75, 3.05) is 13.2 Å². The molecule has 0 fully saturated rings. The van der Waals surface area contributed by atoms with Gasteiger partial charge in [0.2, 0.25) is 0 Å². The number of nitro groups is 1. The fourth-order valence-electron chi connectivity index (χ4n) is 2.55. The van der Waals surface area contributed by atoms with Crippen LogP contribution in [0.5, 0.6) is 11.5 Å². The Morgan fingerprint density at radius 2 is 1.73 bits per heavy atom. The normalized spacial score (nSPS) is 12.1. The molecule has 0 unspecified atom stereocenters. The predicted octanol–water partition coefficient (Wildman–Crippen LogP) is 6.83. The minimum Gasteiger partial charge on any atom is -0.456 e. The van der Waals surface area contributed by atoms with E-state index in [1.807, 2.05) is 0 Å². The molecule has 0 aliphatic rings. The molecule has 0 spiro atoms. The second kappa shape index (κ2) is 9.78. The van der Waals surface area contributed by atoms with E-state index in [2.05, 4.69) is 0 Å². The van der Waals surface area contributed by atoms with Gasteiger partial charge in [0.15, 0.2) is 0 Å². The Kier molecular flexibility index (Phi) is 7.87. The molecule has 0 N–H and O–H groups in total. The number of nitrogens with zero attached hydrogens (tertiary/aromatic N) is 1. The number of hydrogen-bond donors (Lipinski definition) is 0. The molecule has 2 rings (SSSR count). The summed E-state index contributed by atoms with van der Waals surface area (Å²) in [6.45, 7) is 3.35. The zero-order chi connectivity index (χ0) is 22.5. The molecule has 2 aromatic carbocycles. The summed E-state index contributed by atoms with van der Waals surface area (Å²) < 4.78 is 66.9. The lowest BCUT2D eigenvalue weighted by molar-refractivity contribution is -0.385. The first-order valence-corrected chi connectivity index (χ1v) is 10.8. The van der Waals surface area contributed by atoms with Gasteiger partial charge in [0.05, 0.1) is 34.9 Å². The van der Waals surface area contributed by atoms with Gasteiger partial charge < -0.3 is 13.8 Å². The SMILES string of the molecule is CCOP(=O)(Cc1cc(Oc2ccc(C(F)(F)F)cc2Cl)ccc1[N+](=O)[O-])OCC. The first kappa shape index (κ1) is 24.1. The van der Waals surface area contributed by atoms with Crippen molar-refractivity contribution >= 4 is 24.9 Å². The van der Waals surface area contributed by atoms with Crippen LogP contribution in [0.4, 0.5) is 18.9 Å². The predicted molar refractivity (Wildman–Crippen MR) is 104 cm³/mol. The molecule has 0 saturated heterocycles. The van der Waals surface area contributed by atoms with E-state index >= 15 is 0 Å². The highest BCUT2D eigenvalue weighted by Gasteiger charge is 2.31. The van der Waals surface area contributed by atoms with Crippen LogP contribution in [-0.2, 0) is 26.0 Å². The Morgan fingerprint density at radius 3 is 2.23 bits per heavy atom. The van der Waals surface area contributed by atoms with Gasteiger partial charge in [-0.3, -0.25) is 14.7 Å². The van der Waals surface area contributed by atoms with Gasteiger partial charge in [-0.2, -0.15) is 13.2 Å². The first-order chi connectivity index (χ1) is 14.0. The molecule has 12 heteroatoms. The van der Waals surface area contributed by atoms with Crippen LogP contribution in [0.15, 0.2) is 36.4 Å². The molecular weight excluding hydrogens is 450 g/mol. The lowest BCUT2D eigenvalue weighted by Gasteiger charge is -2.17. The zero-order valence-corrected chi connectivity index (χ0v) is 17.6. The quantitative estimate of drug-likeness (QED) is 0.228. The third-order valence-electron chi connectivity index (χ3n) is 3.75. The van der Waals surface area contributed by atoms with Gasteiger partial charge in [-0.1, -0.05) is 11.6 Å². The van der Waals surface area contributed by atoms with Crippen LogP contribution in [-0.4, -0.2) is 18.1 Å². The number of nitro benzene ring substituents is 1. The van der Waals surface area contributed by atoms with Crippen LogP contribution in [0.2, 0.25) is 5.02 Å². The van der Waals surface area contributed by atoms with Crippen LogP contribution in [0.1, 0.15) is 25.0 Å². The monoisotopic (exact) mass is 467 g/mol. The standard InChI is InChI=1S/C18H18ClF3NO6P/c1-3-27-30(26,28-4-2)11-12-9-14(6-7-16(12)23(24)25)29-17-8-5-13(10-15(17)19)18(20,21)22/h5-10H,3-4,11H2,1-2H3. The minimum atomic E-state index is -4.57. The number of benzene rings is 2. The molecule has 0 aliphatic carbocycles. The Bertz CT molecular complexity index is 959. The Morgan fingerprint density at radius 1 is 1.10 bits per heavy atom. The van der Waals surface area contributed by atoms with Gasteiger partial charge in [-0.05, 0) is 44.2 Å². The van der Waals surface area contributed by atoms with Crippen molar-refractivity contribution in [3.8, 4) is 11.5 Å². The number of hydrogen-bond acceptors (Lipinski definition) is 6. The Balaban J connectivity index is 2.38. The molecule has 0 aromatic heterocycles. The van der Waals surface area contributed by atoms with E-state index in [-0.39, 0.29) is 47.1 Å². The van der Waals surface area contributed by atoms with Crippen molar-refractivity contribution in [2.45, 2.75) is 26.2 Å². The van der Waals surface area contributed by atoms with E-state index in [4.69, 9.17) is 25.4 Å². The zero-order valence-electron chi connectivity index (χ0n) is 15.9. The molecule has 2 aromatic rings. The van der Waals surface area contributed by atoms with Gasteiger partial charge >= 0.3 is 13.8 Å². The van der Waals surface area contributed by atoms with Crippen LogP contribution in [0.3, 0.4) is 0 Å². The van der Waals surface area contributed by atoms with Crippen LogP contribution in [0.25, 0.3) is 0 Å². The molecule has 0 amide bonds. The van der Waals surface area contributed by atoms with Gasteiger partial charge in [0.25, 0.3) is 5.69 Å². The fraction of sp³-hybridized carbons (Fsp3) is 0.333. The number of alkyl halides is 3. The molecule has 30 heavy (non-hydrogen) atoms. The maximum Gasteiger partial charge on any atom is 0.416 e. The maximum absolute atomic E-state index is 12.8. The third kappa shape index (κ3) is 6.18. The van der Waals surface area contributed by atoms with Crippen molar-refractivity contribution in [1.82, 2.24) is 0 Å². The van der Waals surface area contributed by atoms with E-state index in [9.17, 15) is 27.9 Å². The molecule has 0 heterocycles. The summed E-state index contributed by atoms with van der Waals surface area (Å²) in [6.07, 6.45) is -4.95. The molecule has 164 valence electrons. The van der Waals surface area contributed by atoms with Gasteiger partial charge in [-0.25, -0.2) is 0 Å². The maximum atomic E-state index is 12.8. The second-order valence-corrected chi connectivity index (χ2v) is 8.36. The summed E-state index contributed by atoms with van der Waals surface area (Å²) in [5.41, 5.74) is -1.26. The van der Waals surface area contributed by atoms with Crippen molar-refractivity contribution in [3.63, 3.8) is 0 Å². The van der Waals surface area contributed by atoms with Crippen molar-refractivity contribution in [1.29, 1.82) is 0 Å². The number of ether oxygens (including phenoxy) is 1. The summed E-state index contributed by atoms with van der Waals surface area (Å²) in [6, 6.07) is 6.18. The smallest absolute Gasteiger partial charge is 0.416 e. The van der Waals surface area contributed by atoms with Crippen molar-refractivity contribution in [3.05, 3.63) is 62.7 Å². The number of rotatable bonds is 9. The summed E-state index contributed by atoms with van der Waals surface area (Å²) in [5.74, 6) is -0.0286. The highest BCUT2D eigenvalue weighted by Crippen LogP contribution is 2.52. The molecule has 7 nitrogen and oxygen atoms in total. The molecule has 0 atom stereocenters. The van der Waals surface area contributed by atoms with E-state index in [1.54, 1.807) is 13.8 Å². The largest absolute Gasteiger partial charge is 0.456 e. The minimum absolute atomic E-state index is 0.0192. The average Bonchev–Trinajstić information content (AvgIpc) is 2.62. The second-order valence-electron chi connectivity index (χ2n) is 5.90. The summed E-state index contributed by atoms with van der Waals surface area (Å²) >= 11 is 5.88. The summed E-state index contributed by atoms with van der Waals surface area (Å²) in [4.78, 5) is 10.7. The van der Waals surface area contributed by atoms with E-state index in [0.29, 0.717) is 6.07 Å². The first-order valence-electron chi connectivity index (χ1n) is 8.69. The fourth-order valence-corrected chi connectivity index (χ4v) is 4.48. The molecule has 0 radical (unpaired) electrons. The van der Waals surface area contributed by atoms with Gasteiger partial charge in [0, 0.05) is 11.6 Å². The van der Waals surface area contributed by atoms with Gasteiger partial charge in [0.1, 0.15) is 11.5 Å².